The SMILES string of the molecule is COc1ccc(C=c2sc3nc(C=Cc4ccc(OC)c(OC)c4)nn3c2=O)c(OC)c1. The molecule has 4 rings (SSSR count). The van der Waals surface area contributed by atoms with Gasteiger partial charge >= 0.3 is 0 Å². The van der Waals surface area contributed by atoms with Crippen molar-refractivity contribution in [3.8, 4) is 23.0 Å². The van der Waals surface area contributed by atoms with E-state index in [4.69, 9.17) is 18.9 Å². The van der Waals surface area contributed by atoms with Gasteiger partial charge in [-0.15, -0.1) is 5.10 Å². The summed E-state index contributed by atoms with van der Waals surface area (Å²) in [6, 6.07) is 11.0. The van der Waals surface area contributed by atoms with Gasteiger partial charge in [0.1, 0.15) is 11.5 Å². The highest BCUT2D eigenvalue weighted by Gasteiger charge is 2.11. The van der Waals surface area contributed by atoms with E-state index in [0.29, 0.717) is 38.3 Å². The molecular weight excluding hydrogens is 430 g/mol. The smallest absolute Gasteiger partial charge is 0.291 e. The van der Waals surface area contributed by atoms with Gasteiger partial charge in [-0.05, 0) is 42.0 Å². The van der Waals surface area contributed by atoms with E-state index >= 15 is 0 Å². The molecule has 32 heavy (non-hydrogen) atoms. The van der Waals surface area contributed by atoms with Crippen LogP contribution >= 0.6 is 11.3 Å². The van der Waals surface area contributed by atoms with Crippen LogP contribution in [0.4, 0.5) is 0 Å². The summed E-state index contributed by atoms with van der Waals surface area (Å²) in [6.07, 6.45) is 5.36. The van der Waals surface area contributed by atoms with Gasteiger partial charge in [-0.3, -0.25) is 4.79 Å². The fourth-order valence-corrected chi connectivity index (χ4v) is 4.03. The van der Waals surface area contributed by atoms with Gasteiger partial charge in [0, 0.05) is 11.6 Å². The van der Waals surface area contributed by atoms with Crippen LogP contribution < -0.4 is 29.0 Å². The number of fused-ring (bicyclic) bond motifs is 1. The Morgan fingerprint density at radius 2 is 1.66 bits per heavy atom. The lowest BCUT2D eigenvalue weighted by molar-refractivity contribution is 0.355. The van der Waals surface area contributed by atoms with Crippen LogP contribution in [0.5, 0.6) is 23.0 Å². The zero-order valence-electron chi connectivity index (χ0n) is 18.0. The summed E-state index contributed by atoms with van der Waals surface area (Å²) in [4.78, 5) is 17.8. The first-order valence-electron chi connectivity index (χ1n) is 9.59. The van der Waals surface area contributed by atoms with Crippen LogP contribution in [0.3, 0.4) is 0 Å². The fraction of sp³-hybridized carbons (Fsp3) is 0.174. The molecule has 2 heterocycles. The Morgan fingerprint density at radius 3 is 2.34 bits per heavy atom. The van der Waals surface area contributed by atoms with Crippen LogP contribution in [0.2, 0.25) is 0 Å². The largest absolute Gasteiger partial charge is 0.497 e. The Bertz CT molecular complexity index is 1410. The minimum atomic E-state index is -0.235. The predicted molar refractivity (Wildman–Crippen MR) is 124 cm³/mol. The average Bonchev–Trinajstić information content (AvgIpc) is 3.36. The summed E-state index contributed by atoms with van der Waals surface area (Å²) in [5, 5.41) is 4.33. The van der Waals surface area contributed by atoms with E-state index in [1.807, 2.05) is 36.4 Å². The number of rotatable bonds is 7. The number of hydrogen-bond acceptors (Lipinski definition) is 8. The molecule has 0 aliphatic rings. The van der Waals surface area contributed by atoms with Gasteiger partial charge in [0.25, 0.3) is 5.56 Å². The second-order valence-corrected chi connectivity index (χ2v) is 7.64. The topological polar surface area (TPSA) is 84.2 Å². The van der Waals surface area contributed by atoms with Crippen molar-refractivity contribution >= 4 is 34.5 Å². The Labute approximate surface area is 188 Å². The van der Waals surface area contributed by atoms with Crippen molar-refractivity contribution in [2.24, 2.45) is 0 Å². The molecule has 9 heteroatoms. The molecule has 0 radical (unpaired) electrons. The van der Waals surface area contributed by atoms with Gasteiger partial charge in [-0.1, -0.05) is 23.5 Å². The first-order valence-corrected chi connectivity index (χ1v) is 10.4. The molecule has 2 aromatic carbocycles. The number of hydrogen-bond donors (Lipinski definition) is 0. The number of aromatic nitrogens is 3. The van der Waals surface area contributed by atoms with E-state index in [1.54, 1.807) is 46.7 Å². The Morgan fingerprint density at radius 1 is 0.875 bits per heavy atom. The van der Waals surface area contributed by atoms with Gasteiger partial charge in [0.2, 0.25) is 4.96 Å². The number of ether oxygens (including phenoxy) is 4. The standard InChI is InChI=1S/C23H21N3O5S/c1-28-16-8-7-15(18(13-16)30-3)12-20-22(27)26-23(32-20)24-21(25-26)10-6-14-5-9-17(29-2)19(11-14)31-4/h5-13H,1-4H3. The summed E-state index contributed by atoms with van der Waals surface area (Å²) in [6.45, 7) is 0. The molecule has 0 bridgehead atoms. The molecule has 0 N–H and O–H groups in total. The molecule has 0 amide bonds. The zero-order valence-corrected chi connectivity index (χ0v) is 18.8. The third-order valence-electron chi connectivity index (χ3n) is 4.76. The third-order valence-corrected chi connectivity index (χ3v) is 5.72. The second-order valence-electron chi connectivity index (χ2n) is 6.64. The van der Waals surface area contributed by atoms with E-state index < -0.39 is 0 Å². The molecule has 4 aromatic rings. The Hall–Kier alpha value is -3.85. The number of thiazole rings is 1. The van der Waals surface area contributed by atoms with Crippen molar-refractivity contribution < 1.29 is 18.9 Å². The highest BCUT2D eigenvalue weighted by molar-refractivity contribution is 7.15. The molecule has 0 atom stereocenters. The van der Waals surface area contributed by atoms with E-state index in [9.17, 15) is 4.79 Å². The fourth-order valence-electron chi connectivity index (χ4n) is 3.13. The lowest BCUT2D eigenvalue weighted by atomic mass is 10.2. The Kier molecular flexibility index (Phi) is 6.09. The maximum absolute atomic E-state index is 12.8. The van der Waals surface area contributed by atoms with Crippen LogP contribution in [0, 0.1) is 0 Å². The third kappa shape index (κ3) is 4.15. The maximum atomic E-state index is 12.8. The first kappa shape index (κ1) is 21.4. The van der Waals surface area contributed by atoms with Gasteiger partial charge < -0.3 is 18.9 Å². The van der Waals surface area contributed by atoms with Crippen molar-refractivity contribution in [3.05, 3.63) is 68.2 Å². The molecule has 0 fully saturated rings. The number of benzene rings is 2. The average molecular weight is 452 g/mol. The van der Waals surface area contributed by atoms with Crippen LogP contribution in [-0.2, 0) is 0 Å². The molecule has 8 nitrogen and oxygen atoms in total. The van der Waals surface area contributed by atoms with Crippen molar-refractivity contribution in [3.63, 3.8) is 0 Å². The van der Waals surface area contributed by atoms with Crippen LogP contribution in [-0.4, -0.2) is 43.0 Å². The van der Waals surface area contributed by atoms with Gasteiger partial charge in [-0.25, -0.2) is 0 Å². The number of methoxy groups -OCH3 is 4. The van der Waals surface area contributed by atoms with Crippen molar-refractivity contribution in [2.45, 2.75) is 0 Å². The zero-order chi connectivity index (χ0) is 22.7. The molecule has 0 saturated carbocycles. The summed E-state index contributed by atoms with van der Waals surface area (Å²) in [5.41, 5.74) is 1.42. The monoisotopic (exact) mass is 451 g/mol. The van der Waals surface area contributed by atoms with Gasteiger partial charge in [0.05, 0.1) is 33.0 Å². The van der Waals surface area contributed by atoms with Crippen LogP contribution in [0.25, 0.3) is 23.2 Å². The molecule has 0 saturated heterocycles. The molecule has 0 aliphatic heterocycles. The van der Waals surface area contributed by atoms with Crippen molar-refractivity contribution in [2.75, 3.05) is 28.4 Å². The van der Waals surface area contributed by atoms with E-state index in [0.717, 1.165) is 11.1 Å². The molecule has 2 aromatic heterocycles. The van der Waals surface area contributed by atoms with Crippen LogP contribution in [0.15, 0.2) is 41.2 Å². The van der Waals surface area contributed by atoms with E-state index in [2.05, 4.69) is 10.1 Å². The van der Waals surface area contributed by atoms with Crippen molar-refractivity contribution in [1.29, 1.82) is 0 Å². The molecule has 164 valence electrons. The maximum Gasteiger partial charge on any atom is 0.291 e. The first-order chi connectivity index (χ1) is 15.6. The molecule has 0 aliphatic carbocycles. The summed E-state index contributed by atoms with van der Waals surface area (Å²) in [5.74, 6) is 3.01. The molecular formula is C23H21N3O5S. The van der Waals surface area contributed by atoms with Crippen LogP contribution in [0.1, 0.15) is 17.0 Å². The predicted octanol–water partition coefficient (Wildman–Crippen LogP) is 2.90. The van der Waals surface area contributed by atoms with Crippen molar-refractivity contribution in [1.82, 2.24) is 14.6 Å². The van der Waals surface area contributed by atoms with Gasteiger partial charge in [-0.2, -0.15) is 9.50 Å². The summed E-state index contributed by atoms with van der Waals surface area (Å²) >= 11 is 1.27. The lowest BCUT2D eigenvalue weighted by Crippen LogP contribution is -2.23. The van der Waals surface area contributed by atoms with E-state index in [-0.39, 0.29) is 5.56 Å². The minimum absolute atomic E-state index is 0.235. The van der Waals surface area contributed by atoms with E-state index in [1.165, 1.54) is 15.9 Å². The highest BCUT2D eigenvalue weighted by Crippen LogP contribution is 2.28. The highest BCUT2D eigenvalue weighted by atomic mass is 32.1. The van der Waals surface area contributed by atoms with Gasteiger partial charge in [0.15, 0.2) is 17.3 Å². The Balaban J connectivity index is 1.65. The second kappa shape index (κ2) is 9.11. The summed E-state index contributed by atoms with van der Waals surface area (Å²) < 4.78 is 23.0. The minimum Gasteiger partial charge on any atom is -0.497 e. The summed E-state index contributed by atoms with van der Waals surface area (Å²) in [7, 11) is 6.34. The molecule has 0 unspecified atom stereocenters. The molecule has 0 spiro atoms. The number of nitrogens with zero attached hydrogens (tertiary/aromatic N) is 3. The lowest BCUT2D eigenvalue weighted by Gasteiger charge is -2.07. The quantitative estimate of drug-likeness (QED) is 0.427. The normalized spacial score (nSPS) is 11.9.